The van der Waals surface area contributed by atoms with Crippen molar-refractivity contribution >= 4 is 69.1 Å². The van der Waals surface area contributed by atoms with Crippen molar-refractivity contribution in [2.24, 2.45) is 0 Å². The summed E-state index contributed by atoms with van der Waals surface area (Å²) in [4.78, 5) is 16.0. The molecule has 1 aromatic heterocycles. The number of hydrogen-bond acceptors (Lipinski definition) is 3. The second-order valence-corrected chi connectivity index (χ2v) is 7.38. The standard InChI is InChI=1S/C15H8Cl4N2O2/c16-9-3-1-2-8(6-9)13-21-11-5-4-10(7-12(11)23-13)20-14(22)15(17,18)19/h1-7H,(H,20,22). The molecule has 2 aromatic carbocycles. The molecule has 0 aliphatic carbocycles. The Labute approximate surface area is 151 Å². The van der Waals surface area contributed by atoms with E-state index in [4.69, 9.17) is 50.8 Å². The van der Waals surface area contributed by atoms with E-state index in [9.17, 15) is 4.79 Å². The minimum Gasteiger partial charge on any atom is -0.436 e. The fraction of sp³-hybridized carbons (Fsp3) is 0.0667. The lowest BCUT2D eigenvalue weighted by atomic mass is 10.2. The molecule has 0 saturated carbocycles. The Bertz CT molecular complexity index is 887. The number of anilines is 1. The summed E-state index contributed by atoms with van der Waals surface area (Å²) >= 11 is 22.5. The van der Waals surface area contributed by atoms with Crippen LogP contribution in [0.15, 0.2) is 46.9 Å². The van der Waals surface area contributed by atoms with Crippen LogP contribution in [0.25, 0.3) is 22.6 Å². The number of fused-ring (bicyclic) bond motifs is 1. The number of halogens is 4. The van der Waals surface area contributed by atoms with E-state index >= 15 is 0 Å². The monoisotopic (exact) mass is 388 g/mol. The zero-order valence-electron chi connectivity index (χ0n) is 11.3. The van der Waals surface area contributed by atoms with Gasteiger partial charge in [0.2, 0.25) is 5.89 Å². The van der Waals surface area contributed by atoms with Crippen LogP contribution in [0.1, 0.15) is 0 Å². The Kier molecular flexibility index (Phi) is 4.43. The van der Waals surface area contributed by atoms with Gasteiger partial charge in [0.15, 0.2) is 5.58 Å². The Morgan fingerprint density at radius 3 is 2.61 bits per heavy atom. The molecule has 23 heavy (non-hydrogen) atoms. The number of carbonyl (C=O) groups is 1. The topological polar surface area (TPSA) is 55.1 Å². The summed E-state index contributed by atoms with van der Waals surface area (Å²) in [6.45, 7) is 0. The van der Waals surface area contributed by atoms with E-state index in [0.717, 1.165) is 5.56 Å². The summed E-state index contributed by atoms with van der Waals surface area (Å²) < 4.78 is 3.66. The fourth-order valence-electron chi connectivity index (χ4n) is 1.95. The minimum absolute atomic E-state index is 0.423. The van der Waals surface area contributed by atoms with Gasteiger partial charge in [-0.25, -0.2) is 4.98 Å². The number of nitrogens with zero attached hydrogens (tertiary/aromatic N) is 1. The van der Waals surface area contributed by atoms with E-state index in [1.807, 2.05) is 6.07 Å². The highest BCUT2D eigenvalue weighted by Gasteiger charge is 2.30. The van der Waals surface area contributed by atoms with Crippen molar-refractivity contribution in [2.45, 2.75) is 3.79 Å². The summed E-state index contributed by atoms with van der Waals surface area (Å²) in [6.07, 6.45) is 0. The molecule has 3 aromatic rings. The van der Waals surface area contributed by atoms with Gasteiger partial charge in [-0.2, -0.15) is 0 Å². The van der Waals surface area contributed by atoms with Gasteiger partial charge >= 0.3 is 0 Å². The number of oxazole rings is 1. The Hall–Kier alpha value is -1.46. The van der Waals surface area contributed by atoms with Crippen molar-refractivity contribution in [1.82, 2.24) is 4.98 Å². The van der Waals surface area contributed by atoms with Crippen LogP contribution in [0.4, 0.5) is 5.69 Å². The fourth-order valence-corrected chi connectivity index (χ4v) is 2.28. The smallest absolute Gasteiger partial charge is 0.276 e. The largest absolute Gasteiger partial charge is 0.436 e. The number of nitrogens with one attached hydrogen (secondary N) is 1. The van der Waals surface area contributed by atoms with Crippen molar-refractivity contribution in [3.05, 3.63) is 47.5 Å². The number of alkyl halides is 3. The number of hydrogen-bond donors (Lipinski definition) is 1. The molecule has 118 valence electrons. The molecule has 3 rings (SSSR count). The Morgan fingerprint density at radius 2 is 1.91 bits per heavy atom. The predicted molar refractivity (Wildman–Crippen MR) is 93.4 cm³/mol. The summed E-state index contributed by atoms with van der Waals surface area (Å²) in [5.74, 6) is -0.330. The SMILES string of the molecule is O=C(Nc1ccc2nc(-c3cccc(Cl)c3)oc2c1)C(Cl)(Cl)Cl. The summed E-state index contributed by atoms with van der Waals surface area (Å²) in [5.41, 5.74) is 2.30. The summed E-state index contributed by atoms with van der Waals surface area (Å²) in [6, 6.07) is 12.1. The third kappa shape index (κ3) is 3.72. The summed E-state index contributed by atoms with van der Waals surface area (Å²) in [7, 11) is 0. The Balaban J connectivity index is 1.94. The summed E-state index contributed by atoms with van der Waals surface area (Å²) in [5, 5.41) is 3.07. The first-order valence-corrected chi connectivity index (χ1v) is 7.89. The lowest BCUT2D eigenvalue weighted by molar-refractivity contribution is -0.115. The molecular weight excluding hydrogens is 382 g/mol. The van der Waals surface area contributed by atoms with Gasteiger partial charge in [-0.15, -0.1) is 0 Å². The second-order valence-electron chi connectivity index (χ2n) is 4.66. The minimum atomic E-state index is -2.04. The van der Waals surface area contributed by atoms with E-state index in [0.29, 0.717) is 27.7 Å². The molecule has 4 nitrogen and oxygen atoms in total. The number of amides is 1. The van der Waals surface area contributed by atoms with Gasteiger partial charge in [0.1, 0.15) is 5.52 Å². The van der Waals surface area contributed by atoms with E-state index in [2.05, 4.69) is 10.3 Å². The predicted octanol–water partition coefficient (Wildman–Crippen LogP) is 5.46. The van der Waals surface area contributed by atoms with E-state index in [1.54, 1.807) is 36.4 Å². The molecule has 0 aliphatic heterocycles. The van der Waals surface area contributed by atoms with Crippen LogP contribution >= 0.6 is 46.4 Å². The third-order valence-electron chi connectivity index (χ3n) is 2.98. The molecule has 1 amide bonds. The van der Waals surface area contributed by atoms with Gasteiger partial charge in [-0.1, -0.05) is 52.5 Å². The first kappa shape index (κ1) is 16.4. The van der Waals surface area contributed by atoms with Gasteiger partial charge in [-0.05, 0) is 30.3 Å². The maximum atomic E-state index is 11.7. The van der Waals surface area contributed by atoms with Crippen molar-refractivity contribution < 1.29 is 9.21 Å². The van der Waals surface area contributed by atoms with E-state index < -0.39 is 9.70 Å². The molecule has 0 unspecified atom stereocenters. The van der Waals surface area contributed by atoms with Gasteiger partial charge in [0.05, 0.1) is 0 Å². The van der Waals surface area contributed by atoms with Gasteiger partial charge < -0.3 is 9.73 Å². The molecule has 8 heteroatoms. The normalized spacial score (nSPS) is 11.7. The van der Waals surface area contributed by atoms with E-state index in [1.165, 1.54) is 0 Å². The van der Waals surface area contributed by atoms with Gasteiger partial charge in [0.25, 0.3) is 9.70 Å². The third-order valence-corrected chi connectivity index (χ3v) is 3.73. The van der Waals surface area contributed by atoms with Crippen molar-refractivity contribution in [1.29, 1.82) is 0 Å². The van der Waals surface area contributed by atoms with Crippen molar-refractivity contribution in [3.63, 3.8) is 0 Å². The maximum Gasteiger partial charge on any atom is 0.276 e. The second kappa shape index (κ2) is 6.21. The molecular formula is C15H8Cl4N2O2. The molecule has 0 spiro atoms. The average Bonchev–Trinajstić information content (AvgIpc) is 2.89. The number of rotatable bonds is 2. The lowest BCUT2D eigenvalue weighted by Crippen LogP contribution is -2.26. The first-order valence-electron chi connectivity index (χ1n) is 6.37. The molecule has 1 heterocycles. The highest BCUT2D eigenvalue weighted by atomic mass is 35.6. The number of carbonyl (C=O) groups excluding carboxylic acids is 1. The van der Waals surface area contributed by atoms with Crippen LogP contribution in [0.2, 0.25) is 5.02 Å². The quantitative estimate of drug-likeness (QED) is 0.592. The zero-order valence-corrected chi connectivity index (χ0v) is 14.3. The van der Waals surface area contributed by atoms with Crippen LogP contribution in [0.5, 0.6) is 0 Å². The van der Waals surface area contributed by atoms with Gasteiger partial charge in [0, 0.05) is 22.3 Å². The van der Waals surface area contributed by atoms with Crippen LogP contribution in [0.3, 0.4) is 0 Å². The van der Waals surface area contributed by atoms with Crippen LogP contribution in [-0.4, -0.2) is 14.7 Å². The molecule has 0 bridgehead atoms. The molecule has 0 aliphatic rings. The van der Waals surface area contributed by atoms with E-state index in [-0.39, 0.29) is 0 Å². The molecule has 1 N–H and O–H groups in total. The van der Waals surface area contributed by atoms with Crippen molar-refractivity contribution in [3.8, 4) is 11.5 Å². The maximum absolute atomic E-state index is 11.7. The molecule has 0 radical (unpaired) electrons. The first-order chi connectivity index (χ1) is 10.8. The zero-order chi connectivity index (χ0) is 16.6. The molecule has 0 fully saturated rings. The van der Waals surface area contributed by atoms with Crippen LogP contribution in [-0.2, 0) is 4.79 Å². The number of aromatic nitrogens is 1. The molecule has 0 saturated heterocycles. The highest BCUT2D eigenvalue weighted by Crippen LogP contribution is 2.30. The average molecular weight is 390 g/mol. The van der Waals surface area contributed by atoms with Crippen LogP contribution < -0.4 is 5.32 Å². The van der Waals surface area contributed by atoms with Crippen molar-refractivity contribution in [2.75, 3.05) is 5.32 Å². The highest BCUT2D eigenvalue weighted by molar-refractivity contribution is 6.76. The lowest BCUT2D eigenvalue weighted by Gasteiger charge is -2.10. The van der Waals surface area contributed by atoms with Crippen LogP contribution in [0, 0.1) is 0 Å². The number of benzene rings is 2. The Morgan fingerprint density at radius 1 is 1.13 bits per heavy atom. The van der Waals surface area contributed by atoms with Gasteiger partial charge in [-0.3, -0.25) is 4.79 Å². The molecule has 0 atom stereocenters.